The van der Waals surface area contributed by atoms with Gasteiger partial charge in [-0.2, -0.15) is 0 Å². The molecule has 0 saturated heterocycles. The van der Waals surface area contributed by atoms with Gasteiger partial charge in [-0.15, -0.1) is 0 Å². The zero-order valence-electron chi connectivity index (χ0n) is 9.82. The van der Waals surface area contributed by atoms with E-state index in [4.69, 9.17) is 25.8 Å². The van der Waals surface area contributed by atoms with E-state index in [1.54, 1.807) is 7.11 Å². The van der Waals surface area contributed by atoms with Crippen LogP contribution in [-0.4, -0.2) is 44.5 Å². The molecule has 0 amide bonds. The minimum atomic E-state index is -0.734. The summed E-state index contributed by atoms with van der Waals surface area (Å²) in [6, 6.07) is 0.976. The molecular weight excluding hydrogens is 265 g/mol. The van der Waals surface area contributed by atoms with Crippen molar-refractivity contribution in [3.05, 3.63) is 28.8 Å². The van der Waals surface area contributed by atoms with E-state index in [-0.39, 0.29) is 23.9 Å². The zero-order chi connectivity index (χ0) is 13.4. The van der Waals surface area contributed by atoms with Crippen molar-refractivity contribution < 1.29 is 23.4 Å². The highest BCUT2D eigenvalue weighted by molar-refractivity contribution is 6.32. The molecule has 0 unspecified atom stereocenters. The summed E-state index contributed by atoms with van der Waals surface area (Å²) in [7, 11) is 1.56. The molecule has 1 aromatic rings. The molecule has 0 spiro atoms. The van der Waals surface area contributed by atoms with Gasteiger partial charge in [-0.05, 0) is 6.07 Å². The first-order valence-electron chi connectivity index (χ1n) is 5.20. The molecule has 1 aromatic heterocycles. The van der Waals surface area contributed by atoms with Gasteiger partial charge in [-0.3, -0.25) is 0 Å². The zero-order valence-corrected chi connectivity index (χ0v) is 10.6. The molecule has 0 aliphatic carbocycles. The Morgan fingerprint density at radius 2 is 2.11 bits per heavy atom. The van der Waals surface area contributed by atoms with Crippen LogP contribution in [0.4, 0.5) is 4.39 Å². The maximum atomic E-state index is 12.9. The van der Waals surface area contributed by atoms with Crippen molar-refractivity contribution in [3.63, 3.8) is 0 Å². The van der Waals surface area contributed by atoms with Gasteiger partial charge in [0, 0.05) is 7.11 Å². The monoisotopic (exact) mass is 277 g/mol. The van der Waals surface area contributed by atoms with Crippen LogP contribution >= 0.6 is 11.6 Å². The Balaban J connectivity index is 2.34. The van der Waals surface area contributed by atoms with E-state index in [1.165, 1.54) is 0 Å². The lowest BCUT2D eigenvalue weighted by molar-refractivity contribution is 0.0213. The third-order valence-corrected chi connectivity index (χ3v) is 2.22. The second-order valence-corrected chi connectivity index (χ2v) is 3.59. The first-order valence-corrected chi connectivity index (χ1v) is 5.57. The number of nitrogens with zero attached hydrogens (tertiary/aromatic N) is 1. The Labute approximate surface area is 109 Å². The minimum absolute atomic E-state index is 0.0510. The van der Waals surface area contributed by atoms with Crippen LogP contribution in [0, 0.1) is 5.82 Å². The van der Waals surface area contributed by atoms with Gasteiger partial charge in [0.25, 0.3) is 0 Å². The van der Waals surface area contributed by atoms with Crippen molar-refractivity contribution in [1.82, 2.24) is 4.98 Å². The van der Waals surface area contributed by atoms with E-state index in [9.17, 15) is 9.18 Å². The van der Waals surface area contributed by atoms with Crippen molar-refractivity contribution in [1.29, 1.82) is 0 Å². The van der Waals surface area contributed by atoms with Gasteiger partial charge in [0.1, 0.15) is 17.6 Å². The molecule has 0 aliphatic heterocycles. The molecule has 0 bridgehead atoms. The van der Waals surface area contributed by atoms with Crippen molar-refractivity contribution in [2.24, 2.45) is 0 Å². The molecule has 0 N–H and O–H groups in total. The molecule has 7 heteroatoms. The van der Waals surface area contributed by atoms with Crippen molar-refractivity contribution in [2.75, 3.05) is 33.5 Å². The van der Waals surface area contributed by atoms with Crippen LogP contribution in [0.25, 0.3) is 0 Å². The van der Waals surface area contributed by atoms with Gasteiger partial charge in [0.05, 0.1) is 31.6 Å². The van der Waals surface area contributed by atoms with E-state index in [1.807, 2.05) is 0 Å². The van der Waals surface area contributed by atoms with E-state index in [0.29, 0.717) is 13.2 Å². The Morgan fingerprint density at radius 1 is 1.39 bits per heavy atom. The lowest BCUT2D eigenvalue weighted by Crippen LogP contribution is -2.13. The Kier molecular flexibility index (Phi) is 6.56. The largest absolute Gasteiger partial charge is 0.460 e. The molecule has 0 saturated carbocycles. The maximum absolute atomic E-state index is 12.9. The fourth-order valence-corrected chi connectivity index (χ4v) is 1.26. The second-order valence-electron chi connectivity index (χ2n) is 3.23. The summed E-state index contributed by atoms with van der Waals surface area (Å²) >= 11 is 5.65. The average Bonchev–Trinajstić information content (AvgIpc) is 2.36. The second kappa shape index (κ2) is 7.97. The molecule has 5 nitrogen and oxygen atoms in total. The average molecular weight is 278 g/mol. The Bertz CT molecular complexity index is 403. The first-order chi connectivity index (χ1) is 8.65. The smallest absolute Gasteiger partial charge is 0.341 e. The molecule has 0 atom stereocenters. The van der Waals surface area contributed by atoms with Crippen LogP contribution in [0.3, 0.4) is 0 Å². The van der Waals surface area contributed by atoms with Crippen LogP contribution in [0.15, 0.2) is 12.3 Å². The van der Waals surface area contributed by atoms with Gasteiger partial charge in [-0.25, -0.2) is 14.2 Å². The standard InChI is InChI=1S/C11H13ClFNO4/c1-16-2-3-17-4-5-18-11(15)9-6-8(13)7-14-10(9)12/h6-7H,2-5H2,1H3. The predicted molar refractivity (Wildman–Crippen MR) is 62.2 cm³/mol. The summed E-state index contributed by atoms with van der Waals surface area (Å²) in [6.07, 6.45) is 0.924. The fraction of sp³-hybridized carbons (Fsp3) is 0.455. The summed E-state index contributed by atoms with van der Waals surface area (Å²) in [5.74, 6) is -1.38. The molecule has 1 rings (SSSR count). The number of carbonyl (C=O) groups is 1. The summed E-state index contributed by atoms with van der Waals surface area (Å²) in [5, 5.41) is -0.0956. The lowest BCUT2D eigenvalue weighted by atomic mass is 10.3. The number of hydrogen-bond acceptors (Lipinski definition) is 5. The maximum Gasteiger partial charge on any atom is 0.341 e. The number of halogens is 2. The van der Waals surface area contributed by atoms with Crippen LogP contribution in [0.1, 0.15) is 10.4 Å². The number of aromatic nitrogens is 1. The van der Waals surface area contributed by atoms with E-state index < -0.39 is 11.8 Å². The topological polar surface area (TPSA) is 57.7 Å². The molecule has 0 radical (unpaired) electrons. The summed E-state index contributed by atoms with van der Waals surface area (Å²) in [5.41, 5.74) is -0.103. The predicted octanol–water partition coefficient (Wildman–Crippen LogP) is 1.69. The molecule has 18 heavy (non-hydrogen) atoms. The number of hydrogen-bond donors (Lipinski definition) is 0. The lowest BCUT2D eigenvalue weighted by Gasteiger charge is -2.06. The third kappa shape index (κ3) is 4.95. The van der Waals surface area contributed by atoms with E-state index in [0.717, 1.165) is 12.3 Å². The number of pyridine rings is 1. The van der Waals surface area contributed by atoms with Gasteiger partial charge in [0.15, 0.2) is 0 Å². The van der Waals surface area contributed by atoms with Crippen LogP contribution in [0.2, 0.25) is 5.15 Å². The van der Waals surface area contributed by atoms with Gasteiger partial charge >= 0.3 is 5.97 Å². The molecule has 0 fully saturated rings. The molecule has 1 heterocycles. The van der Waals surface area contributed by atoms with Gasteiger partial charge in [0.2, 0.25) is 0 Å². The molecule has 0 aliphatic rings. The van der Waals surface area contributed by atoms with Crippen LogP contribution in [0.5, 0.6) is 0 Å². The SMILES string of the molecule is COCCOCCOC(=O)c1cc(F)cnc1Cl. The highest BCUT2D eigenvalue weighted by Gasteiger charge is 2.13. The number of rotatable bonds is 7. The highest BCUT2D eigenvalue weighted by atomic mass is 35.5. The molecule has 100 valence electrons. The number of carbonyl (C=O) groups excluding carboxylic acids is 1. The number of ether oxygens (including phenoxy) is 3. The Morgan fingerprint density at radius 3 is 2.83 bits per heavy atom. The summed E-state index contributed by atoms with van der Waals surface area (Å²) in [4.78, 5) is 15.0. The number of methoxy groups -OCH3 is 1. The van der Waals surface area contributed by atoms with Gasteiger partial charge < -0.3 is 14.2 Å². The Hall–Kier alpha value is -1.24. The summed E-state index contributed by atoms with van der Waals surface area (Å²) < 4.78 is 27.6. The van der Waals surface area contributed by atoms with Crippen molar-refractivity contribution >= 4 is 17.6 Å². The van der Waals surface area contributed by atoms with Crippen molar-refractivity contribution in [3.8, 4) is 0 Å². The quantitative estimate of drug-likeness (QED) is 0.431. The first kappa shape index (κ1) is 14.8. The van der Waals surface area contributed by atoms with Gasteiger partial charge in [-0.1, -0.05) is 11.6 Å². The van der Waals surface area contributed by atoms with Crippen molar-refractivity contribution in [2.45, 2.75) is 0 Å². The highest BCUT2D eigenvalue weighted by Crippen LogP contribution is 2.14. The van der Waals surface area contributed by atoms with E-state index in [2.05, 4.69) is 4.98 Å². The summed E-state index contributed by atoms with van der Waals surface area (Å²) in [6.45, 7) is 1.16. The fourth-order valence-electron chi connectivity index (χ4n) is 1.08. The molecular formula is C11H13ClFNO4. The van der Waals surface area contributed by atoms with E-state index >= 15 is 0 Å². The third-order valence-electron chi connectivity index (χ3n) is 1.92. The minimum Gasteiger partial charge on any atom is -0.460 e. The normalized spacial score (nSPS) is 10.4. The molecule has 0 aromatic carbocycles. The van der Waals surface area contributed by atoms with Crippen LogP contribution in [-0.2, 0) is 14.2 Å². The number of esters is 1. The van der Waals surface area contributed by atoms with Crippen LogP contribution < -0.4 is 0 Å².